The monoisotopic (exact) mass is 232 g/mol. The molecule has 1 N–H and O–H groups in total. The summed E-state index contributed by atoms with van der Waals surface area (Å²) in [6.45, 7) is 7.03. The van der Waals surface area contributed by atoms with E-state index in [0.717, 1.165) is 11.3 Å². The maximum atomic E-state index is 12.1. The van der Waals surface area contributed by atoms with Crippen molar-refractivity contribution in [3.8, 4) is 0 Å². The fourth-order valence-electron chi connectivity index (χ4n) is 1.82. The van der Waals surface area contributed by atoms with Gasteiger partial charge in [-0.05, 0) is 25.6 Å². The van der Waals surface area contributed by atoms with Gasteiger partial charge >= 0.3 is 0 Å². The molecule has 0 aromatic carbocycles. The van der Waals surface area contributed by atoms with Crippen LogP contribution in [0, 0.1) is 6.92 Å². The Balaban J connectivity index is 2.39. The van der Waals surface area contributed by atoms with Gasteiger partial charge in [0.1, 0.15) is 5.52 Å². The van der Waals surface area contributed by atoms with E-state index < -0.39 is 0 Å². The molecule has 0 aliphatic carbocycles. The average Bonchev–Trinajstić information content (AvgIpc) is 2.64. The zero-order chi connectivity index (χ0) is 12.4. The van der Waals surface area contributed by atoms with Crippen LogP contribution in [-0.4, -0.2) is 27.8 Å². The highest BCUT2D eigenvalue weighted by atomic mass is 16.1. The van der Waals surface area contributed by atoms with Gasteiger partial charge in [0.15, 0.2) is 0 Å². The number of nitrogens with zero attached hydrogens (tertiary/aromatic N) is 3. The second-order valence-corrected chi connectivity index (χ2v) is 4.13. The van der Waals surface area contributed by atoms with Crippen molar-refractivity contribution in [2.45, 2.75) is 13.5 Å². The zero-order valence-electron chi connectivity index (χ0n) is 10.1. The van der Waals surface area contributed by atoms with E-state index in [4.69, 9.17) is 0 Å². The Morgan fingerprint density at radius 3 is 3.00 bits per heavy atom. The Kier molecular flexibility index (Phi) is 3.10. The van der Waals surface area contributed by atoms with E-state index in [1.54, 1.807) is 27.5 Å². The maximum absolute atomic E-state index is 12.1. The summed E-state index contributed by atoms with van der Waals surface area (Å²) >= 11 is 0. The van der Waals surface area contributed by atoms with Gasteiger partial charge in [0.05, 0.1) is 5.69 Å². The van der Waals surface area contributed by atoms with Crippen molar-refractivity contribution < 1.29 is 0 Å². The van der Waals surface area contributed by atoms with Gasteiger partial charge in [-0.1, -0.05) is 6.58 Å². The second kappa shape index (κ2) is 4.55. The van der Waals surface area contributed by atoms with Crippen LogP contribution in [0.2, 0.25) is 0 Å². The summed E-state index contributed by atoms with van der Waals surface area (Å²) in [6, 6.07) is 1.79. The zero-order valence-corrected chi connectivity index (χ0v) is 10.1. The van der Waals surface area contributed by atoms with E-state index in [-0.39, 0.29) is 5.56 Å². The topological polar surface area (TPSA) is 51.3 Å². The first-order valence-electron chi connectivity index (χ1n) is 5.48. The molecule has 0 bridgehead atoms. The fourth-order valence-corrected chi connectivity index (χ4v) is 1.82. The smallest absolute Gasteiger partial charge is 0.276 e. The molecule has 5 nitrogen and oxygen atoms in total. The Bertz CT molecular complexity index is 608. The molecule has 5 heteroatoms. The van der Waals surface area contributed by atoms with Crippen molar-refractivity contribution >= 4 is 5.52 Å². The molecule has 0 amide bonds. The van der Waals surface area contributed by atoms with Crippen LogP contribution in [0.3, 0.4) is 0 Å². The predicted octanol–water partition coefficient (Wildman–Crippen LogP) is 0.580. The second-order valence-electron chi connectivity index (χ2n) is 4.13. The highest BCUT2D eigenvalue weighted by Gasteiger charge is 2.05. The molecular weight excluding hydrogens is 216 g/mol. The fraction of sp³-hybridized carbons (Fsp3) is 0.333. The summed E-state index contributed by atoms with van der Waals surface area (Å²) in [5.41, 5.74) is 2.37. The minimum Gasteiger partial charge on any atom is -0.316 e. The third-order valence-corrected chi connectivity index (χ3v) is 2.55. The lowest BCUT2D eigenvalue weighted by atomic mass is 10.3. The molecule has 0 radical (unpaired) electrons. The van der Waals surface area contributed by atoms with E-state index in [1.807, 2.05) is 14.0 Å². The molecule has 0 saturated carbocycles. The Labute approximate surface area is 99.4 Å². The van der Waals surface area contributed by atoms with Gasteiger partial charge in [-0.15, -0.1) is 0 Å². The molecule has 2 aromatic heterocycles. The van der Waals surface area contributed by atoms with Gasteiger partial charge in [0.25, 0.3) is 5.56 Å². The van der Waals surface area contributed by atoms with Crippen molar-refractivity contribution in [1.29, 1.82) is 0 Å². The van der Waals surface area contributed by atoms with Gasteiger partial charge in [0.2, 0.25) is 0 Å². The first-order valence-corrected chi connectivity index (χ1v) is 5.48. The van der Waals surface area contributed by atoms with E-state index >= 15 is 0 Å². The average molecular weight is 232 g/mol. The van der Waals surface area contributed by atoms with E-state index in [9.17, 15) is 4.79 Å². The third-order valence-electron chi connectivity index (χ3n) is 2.55. The molecule has 0 unspecified atom stereocenters. The van der Waals surface area contributed by atoms with Crippen LogP contribution in [0.4, 0.5) is 0 Å². The van der Waals surface area contributed by atoms with Crippen LogP contribution in [0.5, 0.6) is 0 Å². The summed E-state index contributed by atoms with van der Waals surface area (Å²) in [4.78, 5) is 12.1. The van der Waals surface area contributed by atoms with Gasteiger partial charge in [0, 0.05) is 25.5 Å². The van der Waals surface area contributed by atoms with E-state index in [0.29, 0.717) is 18.6 Å². The van der Waals surface area contributed by atoms with Crippen molar-refractivity contribution in [3.05, 3.63) is 46.7 Å². The first kappa shape index (κ1) is 11.6. The third kappa shape index (κ3) is 2.29. The normalized spacial score (nSPS) is 10.9. The Morgan fingerprint density at radius 2 is 2.29 bits per heavy atom. The van der Waals surface area contributed by atoms with Gasteiger partial charge in [-0.2, -0.15) is 5.10 Å². The summed E-state index contributed by atoms with van der Waals surface area (Å²) in [5.74, 6) is 0. The highest BCUT2D eigenvalue weighted by molar-refractivity contribution is 5.44. The molecule has 90 valence electrons. The predicted molar refractivity (Wildman–Crippen MR) is 67.3 cm³/mol. The molecule has 2 rings (SSSR count). The van der Waals surface area contributed by atoms with Crippen molar-refractivity contribution in [1.82, 2.24) is 19.5 Å². The molecule has 0 saturated heterocycles. The molecule has 0 fully saturated rings. The summed E-state index contributed by atoms with van der Waals surface area (Å²) < 4.78 is 3.26. The number of aromatic nitrogens is 3. The van der Waals surface area contributed by atoms with Crippen LogP contribution in [0.15, 0.2) is 35.4 Å². The number of hydrogen-bond donors (Lipinski definition) is 1. The minimum absolute atomic E-state index is 0.0367. The number of rotatable bonds is 4. The van der Waals surface area contributed by atoms with Crippen LogP contribution >= 0.6 is 0 Å². The standard InChI is InChI=1S/C12H16N4O/c1-9(7-13-3)8-15-4-5-16-11(12(15)17)6-10(2)14-16/h4-6,13H,1,7-8H2,2-3H3. The largest absolute Gasteiger partial charge is 0.316 e. The molecule has 0 aliphatic heterocycles. The maximum Gasteiger partial charge on any atom is 0.276 e. The molecule has 2 aromatic rings. The van der Waals surface area contributed by atoms with Crippen LogP contribution < -0.4 is 10.9 Å². The molecular formula is C12H16N4O. The highest BCUT2D eigenvalue weighted by Crippen LogP contribution is 2.01. The number of likely N-dealkylation sites (N-methyl/N-ethyl adjacent to an activating group) is 1. The summed E-state index contributed by atoms with van der Waals surface area (Å²) in [5, 5.41) is 7.22. The van der Waals surface area contributed by atoms with Crippen molar-refractivity contribution in [3.63, 3.8) is 0 Å². The van der Waals surface area contributed by atoms with E-state index in [1.165, 1.54) is 0 Å². The number of aryl methyl sites for hydroxylation is 1. The Morgan fingerprint density at radius 1 is 1.53 bits per heavy atom. The van der Waals surface area contributed by atoms with Crippen molar-refractivity contribution in [2.24, 2.45) is 0 Å². The van der Waals surface area contributed by atoms with Gasteiger partial charge in [-0.3, -0.25) is 4.79 Å². The van der Waals surface area contributed by atoms with Gasteiger partial charge in [-0.25, -0.2) is 4.52 Å². The van der Waals surface area contributed by atoms with E-state index in [2.05, 4.69) is 17.0 Å². The molecule has 2 heterocycles. The lowest BCUT2D eigenvalue weighted by molar-refractivity contribution is 0.702. The van der Waals surface area contributed by atoms with Crippen molar-refractivity contribution in [2.75, 3.05) is 13.6 Å². The lowest BCUT2D eigenvalue weighted by Crippen LogP contribution is -2.24. The van der Waals surface area contributed by atoms with Crippen LogP contribution in [-0.2, 0) is 6.54 Å². The van der Waals surface area contributed by atoms with Crippen LogP contribution in [0.25, 0.3) is 5.52 Å². The minimum atomic E-state index is -0.0367. The number of nitrogens with one attached hydrogen (secondary N) is 1. The Hall–Kier alpha value is -1.88. The molecule has 0 atom stereocenters. The molecule has 17 heavy (non-hydrogen) atoms. The van der Waals surface area contributed by atoms with Gasteiger partial charge < -0.3 is 9.88 Å². The SMILES string of the molecule is C=C(CNC)Cn1ccn2nc(C)cc2c1=O. The molecule has 0 aliphatic rings. The number of hydrogen-bond acceptors (Lipinski definition) is 3. The quantitative estimate of drug-likeness (QED) is 0.784. The molecule has 0 spiro atoms. The number of fused-ring (bicyclic) bond motifs is 1. The first-order chi connectivity index (χ1) is 8.11. The summed E-state index contributed by atoms with van der Waals surface area (Å²) in [7, 11) is 1.86. The van der Waals surface area contributed by atoms with Crippen LogP contribution in [0.1, 0.15) is 5.69 Å². The lowest BCUT2D eigenvalue weighted by Gasteiger charge is -2.08. The summed E-state index contributed by atoms with van der Waals surface area (Å²) in [6.07, 6.45) is 3.53.